The van der Waals surface area contributed by atoms with Crippen molar-refractivity contribution in [1.29, 1.82) is 0 Å². The molecule has 384 valence electrons. The van der Waals surface area contributed by atoms with Crippen LogP contribution >= 0.6 is 0 Å². The molecule has 1 amide bonds. The molecule has 0 aromatic heterocycles. The lowest BCUT2D eigenvalue weighted by molar-refractivity contribution is -0.489. The van der Waals surface area contributed by atoms with E-state index < -0.39 is 142 Å². The number of rotatable bonds is 19. The molecule has 0 unspecified atom stereocenters. The topological polar surface area (TPSA) is 114 Å². The molecule has 0 aliphatic rings. The van der Waals surface area contributed by atoms with Gasteiger partial charge in [-0.15, -0.1) is 0 Å². The first-order valence-corrected chi connectivity index (χ1v) is 15.2. The van der Waals surface area contributed by atoms with Crippen LogP contribution in [0.2, 0.25) is 0 Å². The molecule has 1 rings (SSSR count). The Kier molecular flexibility index (Phi) is 15.0. The third-order valence-corrected chi connectivity index (χ3v) is 8.40. The number of hydrogen-bond acceptors (Lipinski definition) is 7. The lowest BCUT2D eigenvalue weighted by Gasteiger charge is -2.46. The van der Waals surface area contributed by atoms with Crippen molar-refractivity contribution in [2.75, 3.05) is 6.73 Å². The van der Waals surface area contributed by atoms with E-state index in [0.29, 0.717) is 19.1 Å². The van der Waals surface area contributed by atoms with Crippen molar-refractivity contribution >= 4 is 35.4 Å². The Hall–Kier alpha value is -5.25. The molecule has 8 nitrogen and oxygen atoms in total. The zero-order valence-electron chi connectivity index (χ0n) is 30.4. The highest BCUT2D eigenvalue weighted by atomic mass is 19.4. The Morgan fingerprint density at radius 2 is 0.776 bits per heavy atom. The molecular formula is C28H10F31N3O5. The number of aliphatic imine (C=N–C) groups is 2. The van der Waals surface area contributed by atoms with E-state index in [9.17, 15) is 138 Å². The fourth-order valence-corrected chi connectivity index (χ4v) is 4.66. The van der Waals surface area contributed by atoms with Crippen molar-refractivity contribution in [2.24, 2.45) is 9.98 Å². The van der Waals surface area contributed by atoms with Crippen LogP contribution in [0.25, 0.3) is 0 Å². The summed E-state index contributed by atoms with van der Waals surface area (Å²) in [7, 11) is 0. The van der Waals surface area contributed by atoms with Crippen LogP contribution in [0, 0.1) is 6.92 Å². The lowest BCUT2D eigenvalue weighted by Crippen LogP contribution is -2.79. The number of hydrogen-bond donors (Lipinski definition) is 1. The number of carbonyl (C=O) groups excluding carboxylic acids is 4. The van der Waals surface area contributed by atoms with Crippen molar-refractivity contribution in [3.63, 3.8) is 0 Å². The predicted octanol–water partition coefficient (Wildman–Crippen LogP) is 11.1. The van der Waals surface area contributed by atoms with E-state index in [0.717, 1.165) is 5.32 Å². The number of ether oxygens (including phenoxy) is 1. The second-order valence-corrected chi connectivity index (χ2v) is 12.5. The lowest BCUT2D eigenvalue weighted by atomic mass is 9.82. The van der Waals surface area contributed by atoms with Gasteiger partial charge >= 0.3 is 95.1 Å². The van der Waals surface area contributed by atoms with E-state index >= 15 is 17.6 Å². The van der Waals surface area contributed by atoms with Gasteiger partial charge in [-0.05, 0) is 18.6 Å². The number of carbonyl (C=O) groups is 2. The van der Waals surface area contributed by atoms with E-state index in [2.05, 4.69) is 14.7 Å². The van der Waals surface area contributed by atoms with Crippen molar-refractivity contribution in [3.05, 3.63) is 22.8 Å². The second kappa shape index (κ2) is 16.8. The summed E-state index contributed by atoms with van der Waals surface area (Å²) in [4.78, 5) is 50.1. The third kappa shape index (κ3) is 7.92. The number of halogens is 31. The smallest absolute Gasteiger partial charge is 0.445 e. The zero-order chi connectivity index (χ0) is 54.2. The molecule has 0 saturated heterocycles. The first-order valence-electron chi connectivity index (χ1n) is 15.2. The summed E-state index contributed by atoms with van der Waals surface area (Å²) in [6.07, 6.45) is -7.61. The van der Waals surface area contributed by atoms with Crippen LogP contribution in [0.1, 0.15) is 28.4 Å². The van der Waals surface area contributed by atoms with Gasteiger partial charge in [0.15, 0.2) is 6.73 Å². The molecule has 67 heavy (non-hydrogen) atoms. The van der Waals surface area contributed by atoms with Crippen LogP contribution in [0.15, 0.2) is 16.1 Å². The summed E-state index contributed by atoms with van der Waals surface area (Å²) in [5.74, 6) is -139. The molecule has 0 heterocycles. The molecule has 1 aromatic rings. The maximum absolute atomic E-state index is 15.5. The van der Waals surface area contributed by atoms with Gasteiger partial charge in [-0.1, -0.05) is 0 Å². The fraction of sp³-hybridized carbons (Fsp3) is 0.643. The van der Waals surface area contributed by atoms with E-state index in [1.54, 1.807) is 0 Å². The van der Waals surface area contributed by atoms with Gasteiger partial charge in [-0.3, -0.25) is 9.59 Å². The van der Waals surface area contributed by atoms with Gasteiger partial charge in [0.1, 0.15) is 11.4 Å². The van der Waals surface area contributed by atoms with Gasteiger partial charge in [-0.25, -0.2) is 9.59 Å². The Labute approximate surface area is 344 Å². The summed E-state index contributed by atoms with van der Waals surface area (Å²) >= 11 is 0. The maximum Gasteiger partial charge on any atom is 0.460 e. The van der Waals surface area contributed by atoms with E-state index in [1.165, 1.54) is 0 Å². The Morgan fingerprint density at radius 3 is 1.04 bits per heavy atom. The molecule has 0 aliphatic heterocycles. The molecule has 0 radical (unpaired) electrons. The normalized spacial score (nSPS) is 15.1. The Morgan fingerprint density at radius 1 is 0.493 bits per heavy atom. The summed E-state index contributed by atoms with van der Waals surface area (Å²) < 4.78 is 440. The second-order valence-electron chi connectivity index (χ2n) is 12.5. The summed E-state index contributed by atoms with van der Waals surface area (Å²) in [6.45, 7) is -1.08. The number of benzene rings is 1. The van der Waals surface area contributed by atoms with Crippen molar-refractivity contribution in [1.82, 2.24) is 5.32 Å². The van der Waals surface area contributed by atoms with Gasteiger partial charge in [0.05, 0.1) is 5.56 Å². The number of esters is 1. The van der Waals surface area contributed by atoms with Crippen LogP contribution in [0.3, 0.4) is 0 Å². The Bertz CT molecular complexity index is 2190. The number of isocyanates is 2. The molecule has 1 N–H and O–H groups in total. The van der Waals surface area contributed by atoms with Gasteiger partial charge in [0.2, 0.25) is 12.2 Å². The minimum absolute atomic E-state index is 0.0713. The van der Waals surface area contributed by atoms with Crippen LogP contribution in [-0.2, 0) is 25.0 Å². The van der Waals surface area contributed by atoms with Crippen molar-refractivity contribution < 1.29 is 160 Å². The number of alkyl halides is 31. The average molecular weight is 1060 g/mol. The summed E-state index contributed by atoms with van der Waals surface area (Å²) in [5.41, 5.74) is -11.2. The molecule has 0 spiro atoms. The number of amides is 1. The van der Waals surface area contributed by atoms with E-state index in [4.69, 9.17) is 0 Å². The van der Waals surface area contributed by atoms with Crippen LogP contribution in [-0.4, -0.2) is 114 Å². The SMILES string of the molecule is CC(=O)OCNC(=O)c1c(C(F)(F)C(F)(F)C(F)(F)C(F)(F)C(F)(F)C(F)(F)C(F)(F)C(F)(F)C(F)(F)C(F)(F)C(F)(F)C(F)(F)C(F)(F)C(F)(F)C(F)(F)F)cc(N=C=O)c(N=C=O)c1C. The molecule has 1 aromatic carbocycles. The number of nitrogens with zero attached hydrogens (tertiary/aromatic N) is 2. The molecule has 0 fully saturated rings. The quantitative estimate of drug-likeness (QED) is 0.0487. The highest BCUT2D eigenvalue weighted by molar-refractivity contribution is 6.00. The fourth-order valence-electron chi connectivity index (χ4n) is 4.66. The minimum atomic E-state index is -10.2. The monoisotopic (exact) mass is 1060 g/mol. The first-order chi connectivity index (χ1) is 29.1. The predicted molar refractivity (Wildman–Crippen MR) is 145 cm³/mol. The van der Waals surface area contributed by atoms with Gasteiger partial charge in [-0.2, -0.15) is 146 Å². The first kappa shape index (κ1) is 59.8. The zero-order valence-corrected chi connectivity index (χ0v) is 30.4. The van der Waals surface area contributed by atoms with Gasteiger partial charge in [0.25, 0.3) is 5.91 Å². The highest BCUT2D eigenvalue weighted by Crippen LogP contribution is 2.70. The van der Waals surface area contributed by atoms with Crippen LogP contribution in [0.5, 0.6) is 0 Å². The highest BCUT2D eigenvalue weighted by Gasteiger charge is 3.01. The average Bonchev–Trinajstić information content (AvgIpc) is 3.14. The Balaban J connectivity index is 4.30. The number of nitrogens with one attached hydrogen (secondary N) is 1. The van der Waals surface area contributed by atoms with Crippen molar-refractivity contribution in [3.8, 4) is 0 Å². The van der Waals surface area contributed by atoms with Gasteiger partial charge < -0.3 is 10.1 Å². The third-order valence-electron chi connectivity index (χ3n) is 8.40. The maximum atomic E-state index is 15.5. The minimum Gasteiger partial charge on any atom is -0.445 e. The van der Waals surface area contributed by atoms with E-state index in [-0.39, 0.29) is 6.92 Å². The largest absolute Gasteiger partial charge is 0.460 e. The molecule has 0 saturated carbocycles. The molecule has 0 aliphatic carbocycles. The van der Waals surface area contributed by atoms with E-state index in [1.807, 2.05) is 0 Å². The molecular weight excluding hydrogens is 1050 g/mol. The molecule has 39 heteroatoms. The summed E-state index contributed by atoms with van der Waals surface area (Å²) in [5, 5.41) is 1.12. The van der Waals surface area contributed by atoms with Crippen molar-refractivity contribution in [2.45, 2.75) is 103 Å². The molecule has 0 atom stereocenters. The summed E-state index contributed by atoms with van der Waals surface area (Å²) in [6, 6.07) is -1.10. The molecule has 0 bridgehead atoms. The van der Waals surface area contributed by atoms with Crippen LogP contribution < -0.4 is 5.32 Å². The van der Waals surface area contributed by atoms with Crippen LogP contribution in [0.4, 0.5) is 147 Å². The van der Waals surface area contributed by atoms with Gasteiger partial charge in [0, 0.05) is 12.5 Å². The standard InChI is InChI=1S/C28H10F31N3O5/c1-7-11(13(66)62-6-67-8(2)65)9(3-10(60-4-63)12(7)61-5-64)14(29,30)15(31,32)16(33,34)17(35,36)18(37,38)19(39,40)20(41,42)21(43,44)22(45,46)23(47,48)24(49,50)25(51,52)26(53,54)27(55,56)28(57,58)59/h3H,6H2,1-2H3,(H,62,66).